The van der Waals surface area contributed by atoms with Crippen molar-refractivity contribution >= 4 is 46.4 Å². The quantitative estimate of drug-likeness (QED) is 0.639. The van der Waals surface area contributed by atoms with Crippen molar-refractivity contribution in [1.82, 2.24) is 9.97 Å². The summed E-state index contributed by atoms with van der Waals surface area (Å²) in [6.45, 7) is 2.53. The van der Waals surface area contributed by atoms with Gasteiger partial charge in [-0.3, -0.25) is 0 Å². The number of hydrogen-bond acceptors (Lipinski definition) is 4. The van der Waals surface area contributed by atoms with Gasteiger partial charge in [0.05, 0.1) is 23.4 Å². The van der Waals surface area contributed by atoms with Crippen LogP contribution in [0.2, 0.25) is 0 Å². The van der Waals surface area contributed by atoms with Gasteiger partial charge in [-0.25, -0.2) is 14.4 Å². The molecule has 0 bridgehead atoms. The highest BCUT2D eigenvalue weighted by molar-refractivity contribution is 6.16. The molecule has 1 aromatic heterocycles. The fraction of sp³-hybridized carbons (Fsp3) is 0.176. The average molecular weight is 368 g/mol. The van der Waals surface area contributed by atoms with E-state index < -0.39 is 0 Å². The van der Waals surface area contributed by atoms with Crippen LogP contribution >= 0.6 is 24.0 Å². The lowest BCUT2D eigenvalue weighted by Gasteiger charge is -2.11. The van der Waals surface area contributed by atoms with Crippen LogP contribution in [0.4, 0.5) is 15.9 Å². The number of rotatable bonds is 5. The molecule has 0 amide bonds. The fourth-order valence-corrected chi connectivity index (χ4v) is 2.40. The Bertz CT molecular complexity index is 828. The summed E-state index contributed by atoms with van der Waals surface area (Å²) >= 11 is 5.83. The van der Waals surface area contributed by atoms with Crippen molar-refractivity contribution in [2.75, 3.05) is 11.9 Å². The van der Waals surface area contributed by atoms with E-state index in [1.807, 2.05) is 31.2 Å². The maximum Gasteiger partial charge on any atom is 0.146 e. The lowest BCUT2D eigenvalue weighted by atomic mass is 10.2. The first-order valence-corrected chi connectivity index (χ1v) is 7.75. The molecule has 0 spiro atoms. The summed E-state index contributed by atoms with van der Waals surface area (Å²) < 4.78 is 19.6. The van der Waals surface area contributed by atoms with E-state index in [2.05, 4.69) is 15.3 Å². The first-order chi connectivity index (χ1) is 11.2. The Morgan fingerprint density at radius 2 is 1.88 bits per heavy atom. The number of ether oxygens (including phenoxy) is 1. The van der Waals surface area contributed by atoms with Crippen LogP contribution in [0.1, 0.15) is 12.7 Å². The zero-order valence-electron chi connectivity index (χ0n) is 12.9. The van der Waals surface area contributed by atoms with Gasteiger partial charge in [0.15, 0.2) is 0 Å². The lowest BCUT2D eigenvalue weighted by molar-refractivity contribution is 0.340. The van der Waals surface area contributed by atoms with Crippen LogP contribution < -0.4 is 10.1 Å². The first-order valence-electron chi connectivity index (χ1n) is 7.22. The van der Waals surface area contributed by atoms with E-state index in [1.54, 1.807) is 12.1 Å². The van der Waals surface area contributed by atoms with Crippen LogP contribution in [-0.4, -0.2) is 16.6 Å². The van der Waals surface area contributed by atoms with Crippen molar-refractivity contribution in [2.45, 2.75) is 12.8 Å². The zero-order chi connectivity index (χ0) is 16.2. The average Bonchev–Trinajstić information content (AvgIpc) is 2.56. The maximum atomic E-state index is 14.2. The first kappa shape index (κ1) is 18.2. The Balaban J connectivity index is 0.00000208. The van der Waals surface area contributed by atoms with Crippen LogP contribution in [0.25, 0.3) is 10.9 Å². The molecule has 1 heterocycles. The second-order valence-electron chi connectivity index (χ2n) is 4.84. The number of anilines is 2. The molecule has 0 atom stereocenters. The number of benzene rings is 2. The lowest BCUT2D eigenvalue weighted by Crippen LogP contribution is -2.02. The Morgan fingerprint density at radius 1 is 1.12 bits per heavy atom. The van der Waals surface area contributed by atoms with E-state index in [4.69, 9.17) is 16.3 Å². The van der Waals surface area contributed by atoms with E-state index in [0.29, 0.717) is 29.2 Å². The van der Waals surface area contributed by atoms with Crippen molar-refractivity contribution in [2.24, 2.45) is 0 Å². The molecule has 0 aliphatic carbocycles. The molecule has 126 valence electrons. The van der Waals surface area contributed by atoms with Gasteiger partial charge in [0.1, 0.15) is 23.2 Å². The summed E-state index contributed by atoms with van der Waals surface area (Å²) in [7, 11) is 0. The molecule has 2 aromatic carbocycles. The Kier molecular flexibility index (Phi) is 6.17. The molecular formula is C17H16Cl2FN3O. The third kappa shape index (κ3) is 3.86. The molecule has 7 heteroatoms. The minimum atomic E-state index is -0.378. The van der Waals surface area contributed by atoms with Crippen LogP contribution in [0.3, 0.4) is 0 Å². The molecule has 24 heavy (non-hydrogen) atoms. The van der Waals surface area contributed by atoms with E-state index in [9.17, 15) is 4.39 Å². The van der Waals surface area contributed by atoms with Gasteiger partial charge >= 0.3 is 0 Å². The van der Waals surface area contributed by atoms with Gasteiger partial charge in [0.2, 0.25) is 0 Å². The van der Waals surface area contributed by atoms with E-state index in [-0.39, 0.29) is 24.1 Å². The third-order valence-electron chi connectivity index (χ3n) is 3.27. The predicted octanol–water partition coefficient (Wildman–Crippen LogP) is 5.07. The molecule has 3 aromatic rings. The van der Waals surface area contributed by atoms with Crippen LogP contribution in [0.5, 0.6) is 5.75 Å². The molecular weight excluding hydrogens is 352 g/mol. The summed E-state index contributed by atoms with van der Waals surface area (Å²) in [6, 6.07) is 12.1. The molecule has 1 N–H and O–H groups in total. The fourth-order valence-electron chi connectivity index (χ4n) is 2.28. The van der Waals surface area contributed by atoms with Crippen molar-refractivity contribution in [3.63, 3.8) is 0 Å². The monoisotopic (exact) mass is 367 g/mol. The van der Waals surface area contributed by atoms with Crippen LogP contribution in [0, 0.1) is 5.82 Å². The highest BCUT2D eigenvalue weighted by atomic mass is 35.5. The van der Waals surface area contributed by atoms with Crippen molar-refractivity contribution < 1.29 is 9.13 Å². The highest BCUT2D eigenvalue weighted by Gasteiger charge is 2.12. The SMILES string of the molecule is CCOc1ccc(Nc2nc(CCl)nc3cccc(F)c23)cc1.Cl. The van der Waals surface area contributed by atoms with Crippen molar-refractivity contribution in [1.29, 1.82) is 0 Å². The number of halogens is 3. The smallest absolute Gasteiger partial charge is 0.146 e. The number of nitrogens with zero attached hydrogens (tertiary/aromatic N) is 2. The van der Waals surface area contributed by atoms with Gasteiger partial charge in [0, 0.05) is 5.69 Å². The second-order valence-corrected chi connectivity index (χ2v) is 5.11. The predicted molar refractivity (Wildman–Crippen MR) is 97.2 cm³/mol. The van der Waals surface area contributed by atoms with Crippen LogP contribution in [-0.2, 0) is 5.88 Å². The van der Waals surface area contributed by atoms with E-state index in [1.165, 1.54) is 6.07 Å². The molecule has 0 aliphatic heterocycles. The minimum Gasteiger partial charge on any atom is -0.494 e. The van der Waals surface area contributed by atoms with Crippen molar-refractivity contribution in [3.8, 4) is 5.75 Å². The Labute approximate surface area is 150 Å². The van der Waals surface area contributed by atoms with Gasteiger partial charge in [-0.2, -0.15) is 0 Å². The number of nitrogens with one attached hydrogen (secondary N) is 1. The number of hydrogen-bond donors (Lipinski definition) is 1. The standard InChI is InChI=1S/C17H15ClFN3O.ClH/c1-2-23-12-8-6-11(7-9-12)20-17-16-13(19)4-3-5-14(16)21-15(10-18)22-17;/h3-9H,2,10H2,1H3,(H,20,21,22);1H. The van der Waals surface area contributed by atoms with Gasteiger partial charge in [-0.1, -0.05) is 6.07 Å². The molecule has 0 saturated carbocycles. The van der Waals surface area contributed by atoms with Gasteiger partial charge in [-0.05, 0) is 43.3 Å². The molecule has 0 aliphatic rings. The summed E-state index contributed by atoms with van der Waals surface area (Å²) in [5, 5.41) is 3.47. The van der Waals surface area contributed by atoms with Gasteiger partial charge in [0.25, 0.3) is 0 Å². The maximum absolute atomic E-state index is 14.2. The van der Waals surface area contributed by atoms with E-state index in [0.717, 1.165) is 11.4 Å². The number of alkyl halides is 1. The van der Waals surface area contributed by atoms with Crippen LogP contribution in [0.15, 0.2) is 42.5 Å². The molecule has 0 saturated heterocycles. The second kappa shape index (κ2) is 8.13. The molecule has 0 fully saturated rings. The minimum absolute atomic E-state index is 0. The normalized spacial score (nSPS) is 10.3. The Hall–Kier alpha value is -2.11. The van der Waals surface area contributed by atoms with Crippen molar-refractivity contribution in [3.05, 3.63) is 54.1 Å². The largest absolute Gasteiger partial charge is 0.494 e. The number of aromatic nitrogens is 2. The summed E-state index contributed by atoms with van der Waals surface area (Å²) in [5.74, 6) is 1.39. The molecule has 3 rings (SSSR count). The van der Waals surface area contributed by atoms with Gasteiger partial charge in [-0.15, -0.1) is 24.0 Å². The summed E-state index contributed by atoms with van der Waals surface area (Å²) in [4.78, 5) is 8.56. The zero-order valence-corrected chi connectivity index (χ0v) is 14.5. The number of fused-ring (bicyclic) bond motifs is 1. The topological polar surface area (TPSA) is 47.0 Å². The Morgan fingerprint density at radius 3 is 2.54 bits per heavy atom. The molecule has 4 nitrogen and oxygen atoms in total. The summed E-state index contributed by atoms with van der Waals surface area (Å²) in [5.41, 5.74) is 1.29. The third-order valence-corrected chi connectivity index (χ3v) is 3.51. The molecule has 0 unspecified atom stereocenters. The highest BCUT2D eigenvalue weighted by Crippen LogP contribution is 2.27. The van der Waals surface area contributed by atoms with Gasteiger partial charge < -0.3 is 10.1 Å². The van der Waals surface area contributed by atoms with E-state index >= 15 is 0 Å². The summed E-state index contributed by atoms with van der Waals surface area (Å²) in [6.07, 6.45) is 0. The molecule has 0 radical (unpaired) electrons.